The molecule has 10 aromatic rings. The Kier molecular flexibility index (Phi) is 24.0. The van der Waals surface area contributed by atoms with Crippen LogP contribution in [-0.4, -0.2) is 69.5 Å². The quantitative estimate of drug-likeness (QED) is 0.0370. The number of nitrogens with zero attached hydrogens (tertiary/aromatic N) is 6. The zero-order chi connectivity index (χ0) is 73.7. The Morgan fingerprint density at radius 3 is 1.32 bits per heavy atom. The summed E-state index contributed by atoms with van der Waals surface area (Å²) in [4.78, 5) is 114. The van der Waals surface area contributed by atoms with E-state index in [1.807, 2.05) is 6.92 Å². The van der Waals surface area contributed by atoms with Gasteiger partial charge in [-0.1, -0.05) is 136 Å². The Morgan fingerprint density at radius 1 is 0.426 bits per heavy atom. The average molecular weight is 1490 g/mol. The monoisotopic (exact) mass is 1490 g/mol. The number of aliphatic hydroxyl groups is 1. The fraction of sp³-hybridized carbons (Fsp3) is 0.0299. The number of para-hydroxylation sites is 2. The number of halogens is 6. The summed E-state index contributed by atoms with van der Waals surface area (Å²) in [5, 5.41) is 95.8. The highest BCUT2D eigenvalue weighted by atomic mass is 35.5. The number of benzene rings is 10. The van der Waals surface area contributed by atoms with Crippen LogP contribution in [0.3, 0.4) is 0 Å². The van der Waals surface area contributed by atoms with Gasteiger partial charge in [-0.05, 0) is 97.9 Å². The van der Waals surface area contributed by atoms with Crippen LogP contribution in [0.4, 0.5) is 56.9 Å². The van der Waals surface area contributed by atoms with Gasteiger partial charge in [-0.3, -0.25) is 79.4 Å². The van der Waals surface area contributed by atoms with E-state index in [0.29, 0.717) is 26.9 Å². The summed E-state index contributed by atoms with van der Waals surface area (Å²) in [6.45, 7) is 1.85. The van der Waals surface area contributed by atoms with Gasteiger partial charge in [-0.25, -0.2) is 0 Å². The van der Waals surface area contributed by atoms with E-state index in [-0.39, 0.29) is 105 Å². The van der Waals surface area contributed by atoms with Crippen molar-refractivity contribution in [3.05, 3.63) is 331 Å². The number of anilines is 5. The van der Waals surface area contributed by atoms with Gasteiger partial charge in [0.25, 0.3) is 52.3 Å². The second-order valence-corrected chi connectivity index (χ2v) is 23.3. The van der Waals surface area contributed by atoms with Crippen LogP contribution in [-0.2, 0) is 5.72 Å². The summed E-state index contributed by atoms with van der Waals surface area (Å²) in [5.41, 5.74) is 0.000617. The number of carbonyl (C=O) groups is 5. The number of non-ortho nitro benzene ring substituents is 4. The molecule has 0 saturated carbocycles. The first kappa shape index (κ1) is 74.6. The van der Waals surface area contributed by atoms with E-state index in [0.717, 1.165) is 46.9 Å². The van der Waals surface area contributed by atoms with Crippen molar-refractivity contribution in [3.8, 4) is 11.5 Å². The number of phenols is 2. The van der Waals surface area contributed by atoms with Gasteiger partial charge in [0, 0.05) is 87.4 Å². The Morgan fingerprint density at radius 2 is 0.861 bits per heavy atom. The van der Waals surface area contributed by atoms with Crippen molar-refractivity contribution in [2.24, 2.45) is 0 Å². The van der Waals surface area contributed by atoms with Gasteiger partial charge in [-0.15, -0.1) is 0 Å². The zero-order valence-corrected chi connectivity index (χ0v) is 55.6. The van der Waals surface area contributed by atoms with E-state index < -0.39 is 65.4 Å². The molecule has 28 nitrogen and oxygen atoms in total. The third kappa shape index (κ3) is 17.8. The number of carbonyl (C=O) groups excluding carboxylic acids is 5. The molecule has 1 heterocycles. The summed E-state index contributed by atoms with van der Waals surface area (Å²) in [5.74, 6) is -3.65. The Hall–Kier alpha value is -12.2. The molecule has 0 aromatic heterocycles. The lowest BCUT2D eigenvalue weighted by Crippen LogP contribution is -2.45. The van der Waals surface area contributed by atoms with Crippen LogP contribution in [0.25, 0.3) is 0 Å². The van der Waals surface area contributed by atoms with Crippen molar-refractivity contribution in [2.75, 3.05) is 26.2 Å². The van der Waals surface area contributed by atoms with Crippen LogP contribution >= 0.6 is 69.6 Å². The summed E-state index contributed by atoms with van der Waals surface area (Å²) >= 11 is 36.1. The first-order valence-corrected chi connectivity index (χ1v) is 30.7. The molecule has 1 aliphatic heterocycles. The molecular weight excluding hydrogens is 1450 g/mol. The number of nitro benzene ring substituents is 5. The number of nitrogens with one attached hydrogen (secondary N) is 4. The maximum Gasteiger partial charge on any atom is 0.311 e. The molecule has 7 N–H and O–H groups in total. The van der Waals surface area contributed by atoms with E-state index in [1.165, 1.54) is 91.0 Å². The number of phenolic OH excluding ortho intramolecular Hbond substituents is 2. The van der Waals surface area contributed by atoms with Gasteiger partial charge in [0.2, 0.25) is 5.75 Å². The van der Waals surface area contributed by atoms with E-state index in [2.05, 4.69) is 21.3 Å². The highest BCUT2D eigenvalue weighted by Gasteiger charge is 2.51. The van der Waals surface area contributed by atoms with Crippen LogP contribution in [0.5, 0.6) is 11.5 Å². The maximum absolute atomic E-state index is 13.2. The van der Waals surface area contributed by atoms with Crippen molar-refractivity contribution < 1.29 is 63.9 Å². The lowest BCUT2D eigenvalue weighted by Gasteiger charge is -2.35. The minimum Gasteiger partial charge on any atom is -0.507 e. The molecule has 0 bridgehead atoms. The van der Waals surface area contributed by atoms with Crippen LogP contribution in [0.2, 0.25) is 30.1 Å². The normalized spacial score (nSPS) is 12.4. The summed E-state index contributed by atoms with van der Waals surface area (Å²) < 4.78 is 0. The van der Waals surface area contributed by atoms with Crippen molar-refractivity contribution in [1.82, 2.24) is 0 Å². The van der Waals surface area contributed by atoms with E-state index in [4.69, 9.17) is 69.6 Å². The lowest BCUT2D eigenvalue weighted by molar-refractivity contribution is -0.385. The summed E-state index contributed by atoms with van der Waals surface area (Å²) in [6, 6.07) is 48.6. The molecule has 1 atom stereocenters. The molecule has 0 radical (unpaired) electrons. The second kappa shape index (κ2) is 32.5. The number of nitro groups is 5. The van der Waals surface area contributed by atoms with Crippen LogP contribution in [0, 0.1) is 57.5 Å². The van der Waals surface area contributed by atoms with E-state index in [9.17, 15) is 89.9 Å². The van der Waals surface area contributed by atoms with Gasteiger partial charge >= 0.3 is 5.69 Å². The van der Waals surface area contributed by atoms with Crippen molar-refractivity contribution in [1.29, 1.82) is 0 Å². The van der Waals surface area contributed by atoms with Crippen LogP contribution in [0.15, 0.2) is 206 Å². The number of hydrogen-bond acceptors (Lipinski definition) is 18. The maximum atomic E-state index is 13.2. The fourth-order valence-electron chi connectivity index (χ4n) is 9.37. The largest absolute Gasteiger partial charge is 0.507 e. The smallest absolute Gasteiger partial charge is 0.311 e. The topological polar surface area (TPSA) is 413 Å². The molecule has 1 aliphatic rings. The molecule has 101 heavy (non-hydrogen) atoms. The number of amides is 5. The summed E-state index contributed by atoms with van der Waals surface area (Å²) in [7, 11) is 0. The summed E-state index contributed by atoms with van der Waals surface area (Å²) in [6.07, 6.45) is 0. The number of aromatic hydroxyl groups is 2. The van der Waals surface area contributed by atoms with Gasteiger partial charge in [0.05, 0.1) is 89.3 Å². The van der Waals surface area contributed by atoms with E-state index >= 15 is 0 Å². The highest BCUT2D eigenvalue weighted by molar-refractivity contribution is 6.36. The number of aryl methyl sites for hydroxylation is 1. The third-order valence-corrected chi connectivity index (χ3v) is 16.1. The molecule has 34 heteroatoms. The SMILES string of the molecule is Cc1ccc(O)c(C(=O)Nc2ccccc2Cl)c1.O=C(Nc1ccc([N+](=O)[O-])cc1Cl)c1ccc(C(=O)Nc2ccc([N+](=O)[O-])cc2Cl)cc1.O=C(Nc1ccc([N+](=O)[O-])cc1Cl)c1cccc([N+](=O)[O-])c1O.O=C1c2cc(Cl)ccc2C(O)(c2ccccc2)N1c1ccc([N+](=O)[O-])cc1Cl. The molecule has 10 aromatic carbocycles. The number of fused-ring (bicyclic) bond motifs is 1. The molecule has 11 rings (SSSR count). The van der Waals surface area contributed by atoms with Gasteiger partial charge < -0.3 is 36.6 Å². The number of rotatable bonds is 15. The highest BCUT2D eigenvalue weighted by Crippen LogP contribution is 2.48. The molecule has 0 aliphatic carbocycles. The Balaban J connectivity index is 0.000000174. The molecule has 5 amide bonds. The predicted molar refractivity (Wildman–Crippen MR) is 377 cm³/mol. The Labute approximate surface area is 598 Å². The molecular formula is C67H44Cl6N10O18. The standard InChI is InChI=1S/C20H12Cl2N4O6.C20H12Cl2N2O4.C14H12ClNO2.C13H8ClN3O6/c21-15-9-13(25(29)30)5-7-17(15)23-19(27)11-1-2-12(4-3-11)20(28)24-18-8-6-14(26(31)32)10-16(18)22;21-13-6-8-16-15(10-13)19(25)23(20(16,26)12-4-2-1-3-5-12)18-9-7-14(24(27)28)11-17(18)22;1-9-6-7-13(17)10(8-9)14(18)16-12-5-3-2-4-11(12)15;14-9-6-7(16(20)21)4-5-10(9)15-13(19)8-2-1-3-11(12(8)18)17(22)23/h1-10H,(H,23,27)(H,24,28);1-11,26H;2-8,17H,1H3,(H,16,18);1-6,18H,(H,15,19). The van der Waals surface area contributed by atoms with Crippen molar-refractivity contribution >= 4 is 156 Å². The van der Waals surface area contributed by atoms with Gasteiger partial charge in [-0.2, -0.15) is 0 Å². The van der Waals surface area contributed by atoms with Crippen LogP contribution in [0.1, 0.15) is 68.5 Å². The molecule has 512 valence electrons. The van der Waals surface area contributed by atoms with Gasteiger partial charge in [0.1, 0.15) is 5.75 Å². The third-order valence-electron chi connectivity index (χ3n) is 14.3. The predicted octanol–water partition coefficient (Wildman–Crippen LogP) is 16.8. The first-order valence-electron chi connectivity index (χ1n) is 28.4. The van der Waals surface area contributed by atoms with Crippen LogP contribution < -0.4 is 26.2 Å². The fourth-order valence-corrected chi connectivity index (χ4v) is 10.6. The molecule has 0 saturated heterocycles. The number of hydrogen-bond donors (Lipinski definition) is 7. The first-order chi connectivity index (χ1) is 47.9. The lowest BCUT2D eigenvalue weighted by atomic mass is 9.93. The minimum absolute atomic E-state index is 0.00326. The van der Waals surface area contributed by atoms with E-state index in [1.54, 1.807) is 78.9 Å². The Bertz CT molecular complexity index is 4900. The average Bonchev–Trinajstić information content (AvgIpc) is 1.56. The van der Waals surface area contributed by atoms with Crippen molar-refractivity contribution in [3.63, 3.8) is 0 Å². The second-order valence-electron chi connectivity index (χ2n) is 20.9. The van der Waals surface area contributed by atoms with Crippen molar-refractivity contribution in [2.45, 2.75) is 12.6 Å². The van der Waals surface area contributed by atoms with Gasteiger partial charge in [0.15, 0.2) is 5.72 Å². The molecule has 0 spiro atoms. The molecule has 0 fully saturated rings. The minimum atomic E-state index is -1.85. The zero-order valence-electron chi connectivity index (χ0n) is 51.0. The molecule has 1 unspecified atom stereocenters.